The van der Waals surface area contributed by atoms with Crippen molar-refractivity contribution in [1.29, 1.82) is 0 Å². The number of hydrogen-bond donors (Lipinski definition) is 1. The first-order valence-corrected chi connectivity index (χ1v) is 6.89. The second-order valence-electron chi connectivity index (χ2n) is 4.26. The van der Waals surface area contributed by atoms with Gasteiger partial charge in [-0.15, -0.1) is 0 Å². The van der Waals surface area contributed by atoms with Crippen LogP contribution in [0.2, 0.25) is 0 Å². The fraction of sp³-hybridized carbons (Fsp3) is 0.583. The number of methoxy groups -OCH3 is 1. The van der Waals surface area contributed by atoms with Crippen LogP contribution in [0.5, 0.6) is 0 Å². The number of esters is 1. The molecule has 7 heteroatoms. The van der Waals surface area contributed by atoms with Gasteiger partial charge in [0.05, 0.1) is 13.2 Å². The van der Waals surface area contributed by atoms with E-state index in [9.17, 15) is 9.59 Å². The molecular formula is C12H16N2O4S. The zero-order valence-electron chi connectivity index (χ0n) is 10.9. The van der Waals surface area contributed by atoms with Gasteiger partial charge in [0.25, 0.3) is 0 Å². The summed E-state index contributed by atoms with van der Waals surface area (Å²) in [5.74, 6) is -0.783. The third kappa shape index (κ3) is 3.30. The van der Waals surface area contributed by atoms with Crippen LogP contribution in [0, 0.1) is 0 Å². The molecule has 0 amide bonds. The molecule has 1 aliphatic rings. The van der Waals surface area contributed by atoms with Crippen LogP contribution in [0.3, 0.4) is 0 Å². The number of nitrogens with one attached hydrogen (secondary N) is 1. The van der Waals surface area contributed by atoms with E-state index in [2.05, 4.69) is 15.0 Å². The first kappa shape index (κ1) is 14.0. The minimum Gasteiger partial charge on any atom is -0.464 e. The maximum atomic E-state index is 11.5. The second kappa shape index (κ2) is 6.12. The number of carbonyl (C=O) groups excluding carboxylic acids is 2. The SMILES string of the molecule is COC(=O)c1nc(NCC2CCCO2)sc1C(C)=O. The smallest absolute Gasteiger partial charge is 0.358 e. The number of rotatable bonds is 5. The normalized spacial score (nSPS) is 18.3. The van der Waals surface area contributed by atoms with Crippen LogP contribution in [0.25, 0.3) is 0 Å². The van der Waals surface area contributed by atoms with Crippen molar-refractivity contribution in [1.82, 2.24) is 4.98 Å². The average molecular weight is 284 g/mol. The van der Waals surface area contributed by atoms with Crippen LogP contribution in [-0.4, -0.2) is 43.1 Å². The van der Waals surface area contributed by atoms with Gasteiger partial charge in [0, 0.05) is 20.1 Å². The van der Waals surface area contributed by atoms with Crippen molar-refractivity contribution in [2.24, 2.45) is 0 Å². The lowest BCUT2D eigenvalue weighted by Gasteiger charge is -2.08. The Labute approximate surface area is 115 Å². The fourth-order valence-electron chi connectivity index (χ4n) is 1.88. The summed E-state index contributed by atoms with van der Waals surface area (Å²) >= 11 is 1.17. The van der Waals surface area contributed by atoms with Gasteiger partial charge < -0.3 is 14.8 Å². The quantitative estimate of drug-likeness (QED) is 0.655. The van der Waals surface area contributed by atoms with Gasteiger partial charge in [-0.3, -0.25) is 4.79 Å². The maximum absolute atomic E-state index is 11.5. The molecule has 2 heterocycles. The Morgan fingerprint density at radius 3 is 2.95 bits per heavy atom. The van der Waals surface area contributed by atoms with Gasteiger partial charge in [0.15, 0.2) is 16.6 Å². The van der Waals surface area contributed by atoms with Crippen LogP contribution in [0.4, 0.5) is 5.13 Å². The van der Waals surface area contributed by atoms with Crippen LogP contribution in [-0.2, 0) is 9.47 Å². The Morgan fingerprint density at radius 1 is 1.58 bits per heavy atom. The Kier molecular flexibility index (Phi) is 4.49. The highest BCUT2D eigenvalue weighted by molar-refractivity contribution is 7.17. The van der Waals surface area contributed by atoms with Crippen LogP contribution in [0.1, 0.15) is 39.9 Å². The van der Waals surface area contributed by atoms with Crippen molar-refractivity contribution in [3.05, 3.63) is 10.6 Å². The maximum Gasteiger partial charge on any atom is 0.358 e. The number of anilines is 1. The summed E-state index contributed by atoms with van der Waals surface area (Å²) in [4.78, 5) is 27.4. The molecule has 0 radical (unpaired) electrons. The highest BCUT2D eigenvalue weighted by Crippen LogP contribution is 2.25. The summed E-state index contributed by atoms with van der Waals surface area (Å²) in [5.41, 5.74) is 0.0786. The van der Waals surface area contributed by atoms with E-state index < -0.39 is 5.97 Å². The van der Waals surface area contributed by atoms with Gasteiger partial charge >= 0.3 is 5.97 Å². The molecule has 1 aromatic heterocycles. The number of thiazole rings is 1. The zero-order chi connectivity index (χ0) is 13.8. The van der Waals surface area contributed by atoms with Crippen molar-refractivity contribution >= 4 is 28.2 Å². The molecule has 1 unspecified atom stereocenters. The van der Waals surface area contributed by atoms with Crippen molar-refractivity contribution in [3.8, 4) is 0 Å². The van der Waals surface area contributed by atoms with Crippen molar-refractivity contribution in [3.63, 3.8) is 0 Å². The molecule has 2 rings (SSSR count). The topological polar surface area (TPSA) is 77.5 Å². The second-order valence-corrected chi connectivity index (χ2v) is 5.26. The minimum absolute atomic E-state index is 0.0786. The molecule has 0 bridgehead atoms. The molecule has 0 aliphatic carbocycles. The van der Waals surface area contributed by atoms with E-state index in [0.717, 1.165) is 19.4 Å². The van der Waals surface area contributed by atoms with Gasteiger partial charge in [-0.05, 0) is 12.8 Å². The van der Waals surface area contributed by atoms with Gasteiger partial charge in [0.1, 0.15) is 4.88 Å². The van der Waals surface area contributed by atoms with E-state index in [-0.39, 0.29) is 17.6 Å². The third-order valence-electron chi connectivity index (χ3n) is 2.83. The summed E-state index contributed by atoms with van der Waals surface area (Å²) in [6.07, 6.45) is 2.25. The van der Waals surface area contributed by atoms with Crippen LogP contribution < -0.4 is 5.32 Å². The van der Waals surface area contributed by atoms with Gasteiger partial charge in [-0.25, -0.2) is 9.78 Å². The van der Waals surface area contributed by atoms with Crippen molar-refractivity contribution in [2.45, 2.75) is 25.9 Å². The number of ketones is 1. The molecule has 0 aromatic carbocycles. The van der Waals surface area contributed by atoms with E-state index in [4.69, 9.17) is 4.74 Å². The molecule has 1 N–H and O–H groups in total. The molecule has 1 aromatic rings. The molecule has 1 atom stereocenters. The molecule has 1 saturated heterocycles. The summed E-state index contributed by atoms with van der Waals surface area (Å²) < 4.78 is 10.1. The number of aromatic nitrogens is 1. The summed E-state index contributed by atoms with van der Waals surface area (Å²) in [7, 11) is 1.27. The van der Waals surface area contributed by atoms with E-state index >= 15 is 0 Å². The molecule has 1 fully saturated rings. The summed E-state index contributed by atoms with van der Waals surface area (Å²) in [6, 6.07) is 0. The highest BCUT2D eigenvalue weighted by atomic mass is 32.1. The fourth-order valence-corrected chi connectivity index (χ4v) is 2.73. The molecule has 6 nitrogen and oxygen atoms in total. The summed E-state index contributed by atoms with van der Waals surface area (Å²) in [6.45, 7) is 2.83. The number of carbonyl (C=O) groups is 2. The number of Topliss-reactive ketones (excluding diaryl/α,β-unsaturated/α-hetero) is 1. The van der Waals surface area contributed by atoms with Crippen molar-refractivity contribution < 1.29 is 19.1 Å². The lowest BCUT2D eigenvalue weighted by atomic mass is 10.2. The Morgan fingerprint density at radius 2 is 2.37 bits per heavy atom. The monoisotopic (exact) mass is 284 g/mol. The molecule has 0 saturated carbocycles. The van der Waals surface area contributed by atoms with E-state index in [1.807, 2.05) is 0 Å². The predicted molar refractivity (Wildman–Crippen MR) is 70.9 cm³/mol. The first-order chi connectivity index (χ1) is 9.11. The zero-order valence-corrected chi connectivity index (χ0v) is 11.7. The molecule has 104 valence electrons. The van der Waals surface area contributed by atoms with Gasteiger partial charge in [-0.1, -0.05) is 11.3 Å². The van der Waals surface area contributed by atoms with Crippen molar-refractivity contribution in [2.75, 3.05) is 25.6 Å². The standard InChI is InChI=1S/C12H16N2O4S/c1-7(15)10-9(11(16)17-2)14-12(19-10)13-6-8-4-3-5-18-8/h8H,3-6H2,1-2H3,(H,13,14). The molecule has 0 spiro atoms. The third-order valence-corrected chi connectivity index (χ3v) is 3.94. The minimum atomic E-state index is -0.591. The number of hydrogen-bond acceptors (Lipinski definition) is 7. The molecule has 19 heavy (non-hydrogen) atoms. The van der Waals surface area contributed by atoms with Crippen LogP contribution in [0.15, 0.2) is 0 Å². The largest absolute Gasteiger partial charge is 0.464 e. The molecular weight excluding hydrogens is 268 g/mol. The van der Waals surface area contributed by atoms with Crippen LogP contribution >= 0.6 is 11.3 Å². The van der Waals surface area contributed by atoms with E-state index in [0.29, 0.717) is 16.6 Å². The highest BCUT2D eigenvalue weighted by Gasteiger charge is 2.22. The number of ether oxygens (including phenoxy) is 2. The Hall–Kier alpha value is -1.47. The van der Waals surface area contributed by atoms with Gasteiger partial charge in [0.2, 0.25) is 0 Å². The lowest BCUT2D eigenvalue weighted by molar-refractivity contribution is 0.0591. The first-order valence-electron chi connectivity index (χ1n) is 6.07. The average Bonchev–Trinajstić information content (AvgIpc) is 3.04. The number of nitrogens with zero attached hydrogens (tertiary/aromatic N) is 1. The van der Waals surface area contributed by atoms with Gasteiger partial charge in [-0.2, -0.15) is 0 Å². The predicted octanol–water partition coefficient (Wildman–Crippen LogP) is 1.72. The molecule has 1 aliphatic heterocycles. The van der Waals surface area contributed by atoms with E-state index in [1.165, 1.54) is 25.4 Å². The van der Waals surface area contributed by atoms with E-state index in [1.54, 1.807) is 0 Å². The Balaban J connectivity index is 2.08. The lowest BCUT2D eigenvalue weighted by Crippen LogP contribution is -2.18. The summed E-state index contributed by atoms with van der Waals surface area (Å²) in [5, 5.41) is 3.65. The Bertz CT molecular complexity index is 480.